The zero-order valence-electron chi connectivity index (χ0n) is 32.0. The third-order valence-electron chi connectivity index (χ3n) is 10.4. The molecular formula is C49H52N3. The second-order valence-corrected chi connectivity index (χ2v) is 15.3. The second kappa shape index (κ2) is 14.8. The van der Waals surface area contributed by atoms with Gasteiger partial charge in [0.1, 0.15) is 0 Å². The molecule has 6 aromatic carbocycles. The Bertz CT molecular complexity index is 2040. The molecule has 0 bridgehead atoms. The lowest BCUT2D eigenvalue weighted by molar-refractivity contribution is 0.804. The smallest absolute Gasteiger partial charge is 0.195 e. The van der Waals surface area contributed by atoms with Gasteiger partial charge in [-0.15, -0.1) is 0 Å². The molecule has 1 radical (unpaired) electrons. The van der Waals surface area contributed by atoms with Crippen LogP contribution in [0.15, 0.2) is 146 Å². The fourth-order valence-electron chi connectivity index (χ4n) is 7.78. The van der Waals surface area contributed by atoms with E-state index >= 15 is 0 Å². The molecule has 0 saturated carbocycles. The first-order valence-electron chi connectivity index (χ1n) is 19.0. The van der Waals surface area contributed by atoms with Gasteiger partial charge in [0.25, 0.3) is 0 Å². The van der Waals surface area contributed by atoms with Crippen LogP contribution in [0, 0.1) is 6.17 Å². The van der Waals surface area contributed by atoms with Crippen molar-refractivity contribution >= 4 is 39.2 Å². The van der Waals surface area contributed by atoms with E-state index in [2.05, 4.69) is 216 Å². The largest absolute Gasteiger partial charge is 0.314 e. The number of nitrogens with zero attached hydrogens (tertiary/aromatic N) is 3. The maximum Gasteiger partial charge on any atom is 0.195 e. The molecule has 6 aromatic rings. The molecule has 0 unspecified atom stereocenters. The highest BCUT2D eigenvalue weighted by Crippen LogP contribution is 2.48. The zero-order chi connectivity index (χ0) is 36.5. The van der Waals surface area contributed by atoms with E-state index in [9.17, 15) is 0 Å². The highest BCUT2D eigenvalue weighted by Gasteiger charge is 2.37. The Hall–Kier alpha value is -5.28. The van der Waals surface area contributed by atoms with Gasteiger partial charge in [-0.2, -0.15) is 0 Å². The highest BCUT2D eigenvalue weighted by atomic mass is 15.4. The maximum atomic E-state index is 2.47. The first kappa shape index (κ1) is 35.1. The third-order valence-corrected chi connectivity index (χ3v) is 10.4. The highest BCUT2D eigenvalue weighted by molar-refractivity contribution is 5.99. The standard InChI is InChI=1S/C49H52N3/c1-33(2)41-22-15-23-42(34(3)4)47(41)50-31-32-51(48-43(35(5)6)24-16-25-44(48)36(7)8)49(50)38-27-29-40(30-28-38)52(39-19-10-9-11-20-39)46-26-14-18-37-17-12-13-21-45(37)46/h9-36H,1-8H3. The third kappa shape index (κ3) is 6.50. The Morgan fingerprint density at radius 3 is 1.33 bits per heavy atom. The number of rotatable bonds is 10. The van der Waals surface area contributed by atoms with Gasteiger partial charge < -0.3 is 14.7 Å². The summed E-state index contributed by atoms with van der Waals surface area (Å²) in [5.41, 5.74) is 12.6. The number of anilines is 5. The lowest BCUT2D eigenvalue weighted by Crippen LogP contribution is -2.34. The van der Waals surface area contributed by atoms with Gasteiger partial charge in [-0.3, -0.25) is 0 Å². The number of para-hydroxylation sites is 3. The van der Waals surface area contributed by atoms with Crippen molar-refractivity contribution in [2.45, 2.75) is 79.1 Å². The summed E-state index contributed by atoms with van der Waals surface area (Å²) in [7, 11) is 0. The molecule has 3 heteroatoms. The van der Waals surface area contributed by atoms with Gasteiger partial charge >= 0.3 is 0 Å². The molecule has 7 rings (SSSR count). The molecule has 3 nitrogen and oxygen atoms in total. The van der Waals surface area contributed by atoms with Gasteiger partial charge in [-0.05, 0) is 81.6 Å². The normalized spacial score (nSPS) is 13.5. The minimum atomic E-state index is 0.370. The van der Waals surface area contributed by atoms with Crippen molar-refractivity contribution in [2.75, 3.05) is 14.7 Å². The van der Waals surface area contributed by atoms with Crippen molar-refractivity contribution in [2.24, 2.45) is 0 Å². The SMILES string of the molecule is CC(C)c1cccc(C(C)C)c1N1C=CN(c2c(C(C)C)cccc2C(C)C)[C]1c1ccc(N(c2ccccc2)c2cccc3ccccc23)cc1. The monoisotopic (exact) mass is 682 g/mol. The minimum Gasteiger partial charge on any atom is -0.314 e. The van der Waals surface area contributed by atoms with Gasteiger partial charge in [0.05, 0.1) is 17.1 Å². The van der Waals surface area contributed by atoms with E-state index in [-0.39, 0.29) is 0 Å². The van der Waals surface area contributed by atoms with E-state index < -0.39 is 0 Å². The van der Waals surface area contributed by atoms with E-state index in [4.69, 9.17) is 0 Å². The Labute approximate surface area is 311 Å². The zero-order valence-corrected chi connectivity index (χ0v) is 32.0. The topological polar surface area (TPSA) is 9.72 Å². The van der Waals surface area contributed by atoms with Crippen molar-refractivity contribution in [3.63, 3.8) is 0 Å². The summed E-state index contributed by atoms with van der Waals surface area (Å²) in [6, 6.07) is 48.9. The number of fused-ring (bicyclic) bond motifs is 1. The number of hydrogen-bond donors (Lipinski definition) is 0. The molecule has 0 aromatic heterocycles. The summed E-state index contributed by atoms with van der Waals surface area (Å²) in [4.78, 5) is 7.33. The minimum absolute atomic E-state index is 0.370. The predicted octanol–water partition coefficient (Wildman–Crippen LogP) is 14.1. The van der Waals surface area contributed by atoms with Gasteiger partial charge in [0.15, 0.2) is 6.17 Å². The van der Waals surface area contributed by atoms with Crippen LogP contribution in [0.3, 0.4) is 0 Å². The average Bonchev–Trinajstić information content (AvgIpc) is 3.59. The second-order valence-electron chi connectivity index (χ2n) is 15.3. The number of hydrogen-bond acceptors (Lipinski definition) is 3. The molecule has 0 aliphatic carbocycles. The van der Waals surface area contributed by atoms with Gasteiger partial charge in [0.2, 0.25) is 0 Å². The van der Waals surface area contributed by atoms with Crippen LogP contribution < -0.4 is 14.7 Å². The van der Waals surface area contributed by atoms with Crippen molar-refractivity contribution in [3.8, 4) is 0 Å². The quantitative estimate of drug-likeness (QED) is 0.142. The van der Waals surface area contributed by atoms with E-state index in [1.54, 1.807) is 0 Å². The first-order chi connectivity index (χ1) is 25.2. The first-order valence-corrected chi connectivity index (χ1v) is 19.0. The van der Waals surface area contributed by atoms with Crippen LogP contribution in [0.1, 0.15) is 107 Å². The van der Waals surface area contributed by atoms with Gasteiger partial charge in [0, 0.05) is 34.7 Å². The van der Waals surface area contributed by atoms with Crippen LogP contribution in [0.5, 0.6) is 0 Å². The van der Waals surface area contributed by atoms with Crippen LogP contribution in [-0.4, -0.2) is 0 Å². The van der Waals surface area contributed by atoms with E-state index in [0.29, 0.717) is 23.7 Å². The molecule has 1 aliphatic rings. The molecule has 1 aliphatic heterocycles. The molecule has 0 spiro atoms. The molecule has 0 N–H and O–H groups in total. The molecule has 0 fully saturated rings. The summed E-state index contributed by atoms with van der Waals surface area (Å²) >= 11 is 0. The summed E-state index contributed by atoms with van der Waals surface area (Å²) < 4.78 is 0. The van der Waals surface area contributed by atoms with E-state index in [0.717, 1.165) is 23.2 Å². The van der Waals surface area contributed by atoms with E-state index in [1.807, 2.05) is 0 Å². The summed E-state index contributed by atoms with van der Waals surface area (Å²) in [5, 5.41) is 2.45. The molecular weight excluding hydrogens is 631 g/mol. The number of benzene rings is 6. The Morgan fingerprint density at radius 1 is 0.404 bits per heavy atom. The predicted molar refractivity (Wildman–Crippen MR) is 224 cm³/mol. The van der Waals surface area contributed by atoms with Gasteiger partial charge in [-0.1, -0.05) is 159 Å². The molecule has 0 atom stereocenters. The van der Waals surface area contributed by atoms with Crippen LogP contribution in [0.25, 0.3) is 10.8 Å². The average molecular weight is 683 g/mol. The van der Waals surface area contributed by atoms with Crippen molar-refractivity contribution in [1.82, 2.24) is 0 Å². The van der Waals surface area contributed by atoms with Crippen LogP contribution in [0.4, 0.5) is 28.4 Å². The van der Waals surface area contributed by atoms with Gasteiger partial charge in [-0.25, -0.2) is 0 Å². The summed E-state index contributed by atoms with van der Waals surface area (Å²) in [6.45, 7) is 18.5. The van der Waals surface area contributed by atoms with Crippen molar-refractivity contribution < 1.29 is 0 Å². The summed E-state index contributed by atoms with van der Waals surface area (Å²) in [5.74, 6) is 1.48. The Morgan fingerprint density at radius 2 is 0.827 bits per heavy atom. The van der Waals surface area contributed by atoms with Crippen molar-refractivity contribution in [1.29, 1.82) is 0 Å². The maximum absolute atomic E-state index is 2.47. The lowest BCUT2D eigenvalue weighted by atomic mass is 9.90. The van der Waals surface area contributed by atoms with Crippen molar-refractivity contribution in [3.05, 3.63) is 180 Å². The molecule has 0 amide bonds. The molecule has 263 valence electrons. The fourth-order valence-corrected chi connectivity index (χ4v) is 7.78. The molecule has 0 saturated heterocycles. The molecule has 1 heterocycles. The fraction of sp³-hybridized carbons (Fsp3) is 0.245. The lowest BCUT2D eigenvalue weighted by Gasteiger charge is -2.37. The van der Waals surface area contributed by atoms with E-state index in [1.165, 1.54) is 50.0 Å². The van der Waals surface area contributed by atoms with Crippen LogP contribution >= 0.6 is 0 Å². The Balaban J connectivity index is 1.42. The Kier molecular flexibility index (Phi) is 9.97. The van der Waals surface area contributed by atoms with Crippen LogP contribution in [-0.2, 0) is 0 Å². The molecule has 52 heavy (non-hydrogen) atoms. The summed E-state index contributed by atoms with van der Waals surface area (Å²) in [6.07, 6.45) is 5.75. The van der Waals surface area contributed by atoms with Crippen LogP contribution in [0.2, 0.25) is 0 Å².